The van der Waals surface area contributed by atoms with E-state index >= 15 is 0 Å². The fourth-order valence-electron chi connectivity index (χ4n) is 1.68. The van der Waals surface area contributed by atoms with Gasteiger partial charge in [-0.3, -0.25) is 4.79 Å². The Morgan fingerprint density at radius 1 is 1.38 bits per heavy atom. The standard InChI is InChI=1S/C13H20N2O/c1-10-3-4-12(11(2)9-10)6-8-15-13(16)5-7-14/h3-4,9H,5-8,14H2,1-2H3,(H,15,16). The number of rotatable bonds is 5. The van der Waals surface area contributed by atoms with Crippen molar-refractivity contribution >= 4 is 5.91 Å². The lowest BCUT2D eigenvalue weighted by atomic mass is 10.0. The first kappa shape index (κ1) is 12.7. The Morgan fingerprint density at radius 3 is 2.75 bits per heavy atom. The summed E-state index contributed by atoms with van der Waals surface area (Å²) in [6.45, 7) is 5.28. The topological polar surface area (TPSA) is 55.1 Å². The van der Waals surface area contributed by atoms with Gasteiger partial charge in [0.05, 0.1) is 0 Å². The van der Waals surface area contributed by atoms with Crippen LogP contribution in [0.5, 0.6) is 0 Å². The third kappa shape index (κ3) is 4.03. The van der Waals surface area contributed by atoms with Gasteiger partial charge in [-0.1, -0.05) is 23.8 Å². The van der Waals surface area contributed by atoms with E-state index in [1.807, 2.05) is 0 Å². The molecule has 0 heterocycles. The van der Waals surface area contributed by atoms with Gasteiger partial charge >= 0.3 is 0 Å². The molecule has 0 bridgehead atoms. The first-order chi connectivity index (χ1) is 7.63. The average Bonchev–Trinajstić information content (AvgIpc) is 2.22. The van der Waals surface area contributed by atoms with Crippen molar-refractivity contribution in [1.82, 2.24) is 5.32 Å². The molecule has 3 heteroatoms. The van der Waals surface area contributed by atoms with E-state index in [1.165, 1.54) is 16.7 Å². The van der Waals surface area contributed by atoms with Gasteiger partial charge in [0.15, 0.2) is 0 Å². The lowest BCUT2D eigenvalue weighted by Gasteiger charge is -2.08. The van der Waals surface area contributed by atoms with Crippen LogP contribution in [-0.2, 0) is 11.2 Å². The maximum atomic E-state index is 11.2. The summed E-state index contributed by atoms with van der Waals surface area (Å²) >= 11 is 0. The maximum absolute atomic E-state index is 11.2. The summed E-state index contributed by atoms with van der Waals surface area (Å²) in [5.74, 6) is 0.0345. The molecule has 0 unspecified atom stereocenters. The molecular formula is C13H20N2O. The van der Waals surface area contributed by atoms with Crippen LogP contribution in [0.25, 0.3) is 0 Å². The Kier molecular flexibility index (Phi) is 4.99. The molecule has 1 aromatic carbocycles. The Labute approximate surface area is 97.0 Å². The highest BCUT2D eigenvalue weighted by Gasteiger charge is 2.01. The van der Waals surface area contributed by atoms with E-state index in [1.54, 1.807) is 0 Å². The molecule has 0 spiro atoms. The molecule has 0 aromatic heterocycles. The molecule has 1 rings (SSSR count). The van der Waals surface area contributed by atoms with Gasteiger partial charge in [0.1, 0.15) is 0 Å². The van der Waals surface area contributed by atoms with Gasteiger partial charge < -0.3 is 11.1 Å². The SMILES string of the molecule is Cc1ccc(CCNC(=O)CCN)c(C)c1. The number of amides is 1. The van der Waals surface area contributed by atoms with Crippen molar-refractivity contribution in [2.75, 3.05) is 13.1 Å². The van der Waals surface area contributed by atoms with Crippen LogP contribution in [-0.4, -0.2) is 19.0 Å². The van der Waals surface area contributed by atoms with Gasteiger partial charge in [-0.05, 0) is 31.4 Å². The summed E-state index contributed by atoms with van der Waals surface area (Å²) in [5.41, 5.74) is 9.14. The number of carbonyl (C=O) groups is 1. The van der Waals surface area contributed by atoms with E-state index in [9.17, 15) is 4.79 Å². The molecule has 16 heavy (non-hydrogen) atoms. The third-order valence-corrected chi connectivity index (χ3v) is 2.59. The Hall–Kier alpha value is -1.35. The first-order valence-electron chi connectivity index (χ1n) is 5.66. The summed E-state index contributed by atoms with van der Waals surface area (Å²) in [7, 11) is 0. The van der Waals surface area contributed by atoms with E-state index in [0.717, 1.165) is 6.42 Å². The van der Waals surface area contributed by atoms with E-state index in [4.69, 9.17) is 5.73 Å². The van der Waals surface area contributed by atoms with Gasteiger partial charge in [0.25, 0.3) is 0 Å². The first-order valence-corrected chi connectivity index (χ1v) is 5.66. The molecule has 1 amide bonds. The van der Waals surface area contributed by atoms with Gasteiger partial charge in [-0.25, -0.2) is 0 Å². The smallest absolute Gasteiger partial charge is 0.221 e. The highest BCUT2D eigenvalue weighted by atomic mass is 16.1. The third-order valence-electron chi connectivity index (χ3n) is 2.59. The van der Waals surface area contributed by atoms with Crippen LogP contribution in [0.2, 0.25) is 0 Å². The predicted molar refractivity (Wildman–Crippen MR) is 66.3 cm³/mol. The second-order valence-corrected chi connectivity index (χ2v) is 4.07. The number of nitrogens with two attached hydrogens (primary N) is 1. The number of hydrogen-bond acceptors (Lipinski definition) is 2. The van der Waals surface area contributed by atoms with Crippen LogP contribution in [0.15, 0.2) is 18.2 Å². The van der Waals surface area contributed by atoms with Crippen molar-refractivity contribution in [1.29, 1.82) is 0 Å². The van der Waals surface area contributed by atoms with Crippen molar-refractivity contribution in [3.8, 4) is 0 Å². The minimum absolute atomic E-state index is 0.0345. The normalized spacial score (nSPS) is 10.2. The van der Waals surface area contributed by atoms with Gasteiger partial charge in [-0.15, -0.1) is 0 Å². The number of hydrogen-bond donors (Lipinski definition) is 2. The maximum Gasteiger partial charge on any atom is 0.221 e. The largest absolute Gasteiger partial charge is 0.356 e. The fraction of sp³-hybridized carbons (Fsp3) is 0.462. The van der Waals surface area contributed by atoms with Crippen LogP contribution >= 0.6 is 0 Å². The monoisotopic (exact) mass is 220 g/mol. The summed E-state index contributed by atoms with van der Waals surface area (Å²) in [6.07, 6.45) is 1.29. The highest BCUT2D eigenvalue weighted by Crippen LogP contribution is 2.10. The molecule has 0 aliphatic carbocycles. The van der Waals surface area contributed by atoms with E-state index in [-0.39, 0.29) is 5.91 Å². The molecular weight excluding hydrogens is 200 g/mol. The molecule has 0 aliphatic heterocycles. The average molecular weight is 220 g/mol. The molecule has 88 valence electrons. The second kappa shape index (κ2) is 6.28. The summed E-state index contributed by atoms with van der Waals surface area (Å²) < 4.78 is 0. The fourth-order valence-corrected chi connectivity index (χ4v) is 1.68. The number of carbonyl (C=O) groups excluding carboxylic acids is 1. The van der Waals surface area contributed by atoms with Crippen LogP contribution in [0, 0.1) is 13.8 Å². The van der Waals surface area contributed by atoms with Crippen LogP contribution < -0.4 is 11.1 Å². The summed E-state index contributed by atoms with van der Waals surface area (Å²) in [6, 6.07) is 6.39. The minimum Gasteiger partial charge on any atom is -0.356 e. The van der Waals surface area contributed by atoms with Crippen LogP contribution in [0.4, 0.5) is 0 Å². The predicted octanol–water partition coefficient (Wildman–Crippen LogP) is 1.31. The van der Waals surface area contributed by atoms with Crippen molar-refractivity contribution in [3.63, 3.8) is 0 Å². The molecule has 0 saturated heterocycles. The minimum atomic E-state index is 0.0345. The zero-order valence-corrected chi connectivity index (χ0v) is 10.0. The Balaban J connectivity index is 2.40. The molecule has 0 aliphatic rings. The number of aryl methyl sites for hydroxylation is 2. The highest BCUT2D eigenvalue weighted by molar-refractivity contribution is 5.76. The van der Waals surface area contributed by atoms with E-state index < -0.39 is 0 Å². The lowest BCUT2D eigenvalue weighted by Crippen LogP contribution is -2.27. The van der Waals surface area contributed by atoms with Gasteiger partial charge in [0.2, 0.25) is 5.91 Å². The van der Waals surface area contributed by atoms with Crippen molar-refractivity contribution in [3.05, 3.63) is 34.9 Å². The Bertz CT molecular complexity index is 361. The van der Waals surface area contributed by atoms with Crippen molar-refractivity contribution in [2.45, 2.75) is 26.7 Å². The van der Waals surface area contributed by atoms with E-state index in [0.29, 0.717) is 19.5 Å². The van der Waals surface area contributed by atoms with Crippen molar-refractivity contribution in [2.24, 2.45) is 5.73 Å². The molecule has 3 nitrogen and oxygen atoms in total. The summed E-state index contributed by atoms with van der Waals surface area (Å²) in [5, 5.41) is 2.85. The van der Waals surface area contributed by atoms with Crippen molar-refractivity contribution < 1.29 is 4.79 Å². The molecule has 0 fully saturated rings. The quantitative estimate of drug-likeness (QED) is 0.786. The lowest BCUT2D eigenvalue weighted by molar-refractivity contribution is -0.120. The van der Waals surface area contributed by atoms with Gasteiger partial charge in [-0.2, -0.15) is 0 Å². The molecule has 0 saturated carbocycles. The van der Waals surface area contributed by atoms with E-state index in [2.05, 4.69) is 37.4 Å². The van der Waals surface area contributed by atoms with Gasteiger partial charge in [0, 0.05) is 19.5 Å². The number of nitrogens with one attached hydrogen (secondary N) is 1. The zero-order valence-electron chi connectivity index (χ0n) is 10.0. The molecule has 0 atom stereocenters. The second-order valence-electron chi connectivity index (χ2n) is 4.07. The van der Waals surface area contributed by atoms with Crippen LogP contribution in [0.1, 0.15) is 23.1 Å². The molecule has 3 N–H and O–H groups in total. The number of benzene rings is 1. The zero-order chi connectivity index (χ0) is 12.0. The molecule has 0 radical (unpaired) electrons. The van der Waals surface area contributed by atoms with Crippen LogP contribution in [0.3, 0.4) is 0 Å². The summed E-state index contributed by atoms with van der Waals surface area (Å²) in [4.78, 5) is 11.2. The molecule has 1 aromatic rings. The Morgan fingerprint density at radius 2 is 2.12 bits per heavy atom.